The monoisotopic (exact) mass is 210 g/mol. The number of hydrogen-bond acceptors (Lipinski definition) is 4. The topological polar surface area (TPSA) is 109 Å². The van der Waals surface area contributed by atoms with Crippen molar-refractivity contribution in [1.29, 1.82) is 0 Å². The minimum absolute atomic E-state index is 0.137. The molecular weight excluding hydrogens is 196 g/mol. The van der Waals surface area contributed by atoms with Crippen molar-refractivity contribution in [2.24, 2.45) is 11.7 Å². The molecule has 0 spiro atoms. The van der Waals surface area contributed by atoms with Crippen LogP contribution in [0.4, 0.5) is 0 Å². The van der Waals surface area contributed by atoms with Gasteiger partial charge >= 0.3 is 10.3 Å². The zero-order valence-electron chi connectivity index (χ0n) is 7.52. The fourth-order valence-electron chi connectivity index (χ4n) is 0.708. The van der Waals surface area contributed by atoms with E-state index in [0.717, 1.165) is 0 Å². The predicted molar refractivity (Wildman–Crippen MR) is 47.1 cm³/mol. The van der Waals surface area contributed by atoms with Gasteiger partial charge in [-0.3, -0.25) is 9.35 Å². The van der Waals surface area contributed by atoms with Crippen LogP contribution in [0.3, 0.4) is 0 Å². The van der Waals surface area contributed by atoms with Gasteiger partial charge in [-0.2, -0.15) is 8.42 Å². The molecule has 0 aliphatic heterocycles. The van der Waals surface area contributed by atoms with E-state index < -0.39 is 22.3 Å². The largest absolute Gasteiger partial charge is 0.359 e. The van der Waals surface area contributed by atoms with Crippen LogP contribution in [0.15, 0.2) is 0 Å². The van der Waals surface area contributed by atoms with Crippen molar-refractivity contribution in [3.8, 4) is 0 Å². The van der Waals surface area contributed by atoms with E-state index in [4.69, 9.17) is 10.3 Å². The highest BCUT2D eigenvalue weighted by Crippen LogP contribution is 2.05. The number of carbonyl (C=O) groups is 1. The van der Waals surface area contributed by atoms with Crippen molar-refractivity contribution in [2.75, 3.05) is 0 Å². The summed E-state index contributed by atoms with van der Waals surface area (Å²) in [5.74, 6) is -1.03. The normalized spacial score (nSPS) is 16.3. The molecule has 0 aromatic carbocycles. The molecule has 7 heteroatoms. The molecule has 13 heavy (non-hydrogen) atoms. The van der Waals surface area contributed by atoms with Crippen LogP contribution in [-0.2, 0) is 15.1 Å². The van der Waals surface area contributed by atoms with Gasteiger partial charge in [-0.25, -0.2) is 4.72 Å². The molecule has 0 fully saturated rings. The lowest BCUT2D eigenvalue weighted by Crippen LogP contribution is -2.46. The molecule has 2 atom stereocenters. The Morgan fingerprint density at radius 2 is 2.08 bits per heavy atom. The molecule has 0 heterocycles. The Morgan fingerprint density at radius 1 is 1.62 bits per heavy atom. The van der Waals surface area contributed by atoms with Crippen molar-refractivity contribution in [3.05, 3.63) is 0 Å². The molecule has 0 aromatic rings. The van der Waals surface area contributed by atoms with Gasteiger partial charge in [0.15, 0.2) is 0 Å². The quantitative estimate of drug-likeness (QED) is 0.530. The van der Waals surface area contributed by atoms with E-state index in [9.17, 15) is 13.2 Å². The van der Waals surface area contributed by atoms with E-state index in [1.54, 1.807) is 6.92 Å². The lowest BCUT2D eigenvalue weighted by molar-refractivity contribution is -0.121. The zero-order chi connectivity index (χ0) is 10.6. The molecule has 0 unspecified atom stereocenters. The molecule has 0 bridgehead atoms. The van der Waals surface area contributed by atoms with Crippen LogP contribution in [-0.4, -0.2) is 24.9 Å². The van der Waals surface area contributed by atoms with E-state index >= 15 is 0 Å². The predicted octanol–water partition coefficient (Wildman–Crippen LogP) is -0.721. The van der Waals surface area contributed by atoms with Crippen LogP contribution in [0.1, 0.15) is 20.3 Å². The number of carbonyl (C=O) groups excluding carboxylic acids is 1. The van der Waals surface area contributed by atoms with Gasteiger partial charge < -0.3 is 5.73 Å². The first kappa shape index (κ1) is 12.3. The molecular formula is C6H14N2O4S. The summed E-state index contributed by atoms with van der Waals surface area (Å²) in [6.45, 7) is 3.54. The summed E-state index contributed by atoms with van der Waals surface area (Å²) < 4.78 is 30.1. The maximum Gasteiger partial charge on any atom is 0.359 e. The second-order valence-corrected chi connectivity index (χ2v) is 4.01. The first-order valence-corrected chi connectivity index (χ1v) is 5.26. The number of hydrogen-bond donors (Lipinski definition) is 3. The van der Waals surface area contributed by atoms with Crippen molar-refractivity contribution >= 4 is 16.2 Å². The van der Waals surface area contributed by atoms with Gasteiger partial charge in [0.2, 0.25) is 0 Å². The summed E-state index contributed by atoms with van der Waals surface area (Å²) in [5, 5.41) is 0. The van der Waals surface area contributed by atoms with Crippen LogP contribution in [0, 0.1) is 5.92 Å². The van der Waals surface area contributed by atoms with E-state index in [-0.39, 0.29) is 5.92 Å². The fourth-order valence-corrected chi connectivity index (χ4v) is 1.10. The minimum atomic E-state index is -4.49. The van der Waals surface area contributed by atoms with Gasteiger partial charge in [0, 0.05) is 0 Å². The highest BCUT2D eigenvalue weighted by atomic mass is 32.2. The molecule has 0 aliphatic rings. The van der Waals surface area contributed by atoms with Gasteiger partial charge in [-0.15, -0.1) is 0 Å². The average Bonchev–Trinajstić information content (AvgIpc) is 1.98. The van der Waals surface area contributed by atoms with Crippen LogP contribution < -0.4 is 10.5 Å². The Kier molecular flexibility index (Phi) is 4.31. The summed E-state index contributed by atoms with van der Waals surface area (Å²) >= 11 is 0. The Balaban J connectivity index is 4.28. The second kappa shape index (κ2) is 4.54. The smallest absolute Gasteiger partial charge is 0.320 e. The first-order chi connectivity index (χ1) is 5.78. The molecule has 0 aliphatic carbocycles. The fraction of sp³-hybridized carbons (Fsp3) is 0.833. The maximum atomic E-state index is 11.0. The molecule has 78 valence electrons. The Hall–Kier alpha value is -0.660. The van der Waals surface area contributed by atoms with Gasteiger partial charge in [0.25, 0.3) is 5.91 Å². The zero-order valence-corrected chi connectivity index (χ0v) is 8.34. The van der Waals surface area contributed by atoms with Gasteiger partial charge in [-0.1, -0.05) is 20.3 Å². The highest BCUT2D eigenvalue weighted by Gasteiger charge is 2.22. The summed E-state index contributed by atoms with van der Waals surface area (Å²) in [6, 6.07) is -0.924. The van der Waals surface area contributed by atoms with Crippen molar-refractivity contribution < 1.29 is 17.8 Å². The van der Waals surface area contributed by atoms with Crippen LogP contribution >= 0.6 is 0 Å². The number of rotatable bonds is 4. The SMILES string of the molecule is CC[C@@H](C)[C@H](N)C(=O)NS(=O)(=O)O. The molecule has 0 saturated heterocycles. The van der Waals surface area contributed by atoms with E-state index in [2.05, 4.69) is 0 Å². The van der Waals surface area contributed by atoms with Crippen LogP contribution in [0.5, 0.6) is 0 Å². The minimum Gasteiger partial charge on any atom is -0.320 e. The second-order valence-electron chi connectivity index (χ2n) is 2.85. The average molecular weight is 210 g/mol. The number of amides is 1. The summed E-state index contributed by atoms with van der Waals surface area (Å²) in [7, 11) is -4.49. The molecule has 0 radical (unpaired) electrons. The van der Waals surface area contributed by atoms with Gasteiger partial charge in [0.05, 0.1) is 6.04 Å². The summed E-state index contributed by atoms with van der Waals surface area (Å²) in [6.07, 6.45) is 0.653. The van der Waals surface area contributed by atoms with E-state index in [1.807, 2.05) is 6.92 Å². The summed E-state index contributed by atoms with van der Waals surface area (Å²) in [5.41, 5.74) is 5.39. The van der Waals surface area contributed by atoms with Gasteiger partial charge in [-0.05, 0) is 5.92 Å². The first-order valence-electron chi connectivity index (χ1n) is 3.82. The standard InChI is InChI=1S/C6H14N2O4S/c1-3-4(2)5(7)6(9)8-13(10,11)12/h4-5H,3,7H2,1-2H3,(H,8,9)(H,10,11,12)/t4-,5+/m1/s1. The molecule has 0 aromatic heterocycles. The lowest BCUT2D eigenvalue weighted by Gasteiger charge is -2.16. The Bertz CT molecular complexity index is 274. The Morgan fingerprint density at radius 3 is 2.38 bits per heavy atom. The molecule has 4 N–H and O–H groups in total. The van der Waals surface area contributed by atoms with Gasteiger partial charge in [0.1, 0.15) is 0 Å². The maximum absolute atomic E-state index is 11.0. The van der Waals surface area contributed by atoms with Crippen LogP contribution in [0.2, 0.25) is 0 Å². The third kappa shape index (κ3) is 4.81. The summed E-state index contributed by atoms with van der Waals surface area (Å²) in [4.78, 5) is 11.0. The van der Waals surface area contributed by atoms with Crippen molar-refractivity contribution in [1.82, 2.24) is 4.72 Å². The van der Waals surface area contributed by atoms with Crippen molar-refractivity contribution in [2.45, 2.75) is 26.3 Å². The van der Waals surface area contributed by atoms with E-state index in [1.165, 1.54) is 4.72 Å². The Labute approximate surface area is 77.4 Å². The number of nitrogens with one attached hydrogen (secondary N) is 1. The number of nitrogens with two attached hydrogens (primary N) is 1. The highest BCUT2D eigenvalue weighted by molar-refractivity contribution is 7.84. The van der Waals surface area contributed by atoms with Crippen molar-refractivity contribution in [3.63, 3.8) is 0 Å². The van der Waals surface area contributed by atoms with E-state index in [0.29, 0.717) is 6.42 Å². The lowest BCUT2D eigenvalue weighted by atomic mass is 10.00. The molecule has 0 saturated carbocycles. The molecule has 1 amide bonds. The molecule has 0 rings (SSSR count). The third-order valence-electron chi connectivity index (χ3n) is 1.79. The molecule has 6 nitrogen and oxygen atoms in total. The third-order valence-corrected chi connectivity index (χ3v) is 2.25. The van der Waals surface area contributed by atoms with Crippen LogP contribution in [0.25, 0.3) is 0 Å².